The third kappa shape index (κ3) is 2.75. The number of H-pyrrole nitrogens is 1. The number of rotatable bonds is 4. The fourth-order valence-corrected chi connectivity index (χ4v) is 1.62. The first-order chi connectivity index (χ1) is 8.31. The lowest BCUT2D eigenvalue weighted by atomic mass is 10.1. The van der Waals surface area contributed by atoms with Crippen molar-refractivity contribution in [3.8, 4) is 16.9 Å². The molecule has 88 valence electrons. The van der Waals surface area contributed by atoms with Crippen LogP contribution in [-0.2, 0) is 0 Å². The first-order valence-electron chi connectivity index (χ1n) is 5.72. The lowest BCUT2D eigenvalue weighted by molar-refractivity contribution is 0.318. The highest BCUT2D eigenvalue weighted by molar-refractivity contribution is 5.69. The second-order valence-corrected chi connectivity index (χ2v) is 3.79. The molecule has 0 aliphatic heterocycles. The normalized spacial score (nSPS) is 10.2. The maximum Gasteiger partial charge on any atom is 0.247 e. The van der Waals surface area contributed by atoms with Gasteiger partial charge in [-0.25, -0.2) is 0 Å². The van der Waals surface area contributed by atoms with Crippen LogP contribution >= 0.6 is 0 Å². The average molecular weight is 229 g/mol. The molecule has 0 saturated carbocycles. The molecule has 0 atom stereocenters. The fraction of sp³-hybridized carbons (Fsp3) is 0.214. The molecule has 0 radical (unpaired) electrons. The molecule has 1 aromatic heterocycles. The van der Waals surface area contributed by atoms with E-state index in [9.17, 15) is 4.79 Å². The standard InChI is InChI=1S/C14H15NO2/c1-2-9-17-13-6-4-3-5-12(13)11-7-8-14(16)15-10-11/h3-8,10H,2,9H2,1H3,(H,15,16). The van der Waals surface area contributed by atoms with E-state index in [0.717, 1.165) is 23.3 Å². The molecule has 0 fully saturated rings. The van der Waals surface area contributed by atoms with Crippen molar-refractivity contribution in [3.05, 3.63) is 52.9 Å². The van der Waals surface area contributed by atoms with Gasteiger partial charge in [-0.15, -0.1) is 0 Å². The molecule has 2 rings (SSSR count). The van der Waals surface area contributed by atoms with Crippen LogP contribution < -0.4 is 10.3 Å². The topological polar surface area (TPSA) is 42.1 Å². The number of nitrogens with one attached hydrogen (secondary N) is 1. The van der Waals surface area contributed by atoms with Crippen molar-refractivity contribution in [2.24, 2.45) is 0 Å². The van der Waals surface area contributed by atoms with Gasteiger partial charge in [-0.3, -0.25) is 4.79 Å². The summed E-state index contributed by atoms with van der Waals surface area (Å²) in [6, 6.07) is 11.1. The van der Waals surface area contributed by atoms with E-state index in [2.05, 4.69) is 11.9 Å². The quantitative estimate of drug-likeness (QED) is 0.875. The minimum Gasteiger partial charge on any atom is -0.493 e. The zero-order chi connectivity index (χ0) is 12.1. The SMILES string of the molecule is CCCOc1ccccc1-c1ccc(=O)[nH]c1. The van der Waals surface area contributed by atoms with Crippen molar-refractivity contribution in [3.63, 3.8) is 0 Å². The molecule has 1 heterocycles. The number of hydrogen-bond acceptors (Lipinski definition) is 2. The highest BCUT2D eigenvalue weighted by atomic mass is 16.5. The van der Waals surface area contributed by atoms with Crippen molar-refractivity contribution in [1.82, 2.24) is 4.98 Å². The van der Waals surface area contributed by atoms with Crippen molar-refractivity contribution >= 4 is 0 Å². The first kappa shape index (κ1) is 11.5. The zero-order valence-electron chi connectivity index (χ0n) is 9.77. The maximum absolute atomic E-state index is 11.0. The molecular weight excluding hydrogens is 214 g/mol. The number of pyridine rings is 1. The Balaban J connectivity index is 2.37. The molecule has 0 bridgehead atoms. The third-order valence-electron chi connectivity index (χ3n) is 2.44. The predicted molar refractivity (Wildman–Crippen MR) is 68.3 cm³/mol. The molecule has 0 aliphatic rings. The highest BCUT2D eigenvalue weighted by Crippen LogP contribution is 2.28. The number of benzene rings is 1. The van der Waals surface area contributed by atoms with E-state index in [-0.39, 0.29) is 5.56 Å². The fourth-order valence-electron chi connectivity index (χ4n) is 1.62. The largest absolute Gasteiger partial charge is 0.493 e. The Morgan fingerprint density at radius 2 is 2.00 bits per heavy atom. The van der Waals surface area contributed by atoms with E-state index in [0.29, 0.717) is 6.61 Å². The van der Waals surface area contributed by atoms with Crippen molar-refractivity contribution in [2.45, 2.75) is 13.3 Å². The number of hydrogen-bond donors (Lipinski definition) is 1. The summed E-state index contributed by atoms with van der Waals surface area (Å²) in [6.07, 6.45) is 2.68. The van der Waals surface area contributed by atoms with Crippen LogP contribution in [0.4, 0.5) is 0 Å². The zero-order valence-corrected chi connectivity index (χ0v) is 9.77. The first-order valence-corrected chi connectivity index (χ1v) is 5.72. The summed E-state index contributed by atoms with van der Waals surface area (Å²) in [5.74, 6) is 0.849. The number of aromatic amines is 1. The van der Waals surface area contributed by atoms with Gasteiger partial charge >= 0.3 is 0 Å². The van der Waals surface area contributed by atoms with E-state index < -0.39 is 0 Å². The summed E-state index contributed by atoms with van der Waals surface area (Å²) >= 11 is 0. The molecule has 0 saturated heterocycles. The molecule has 1 aromatic carbocycles. The molecule has 17 heavy (non-hydrogen) atoms. The van der Waals surface area contributed by atoms with E-state index in [1.165, 1.54) is 6.07 Å². The third-order valence-corrected chi connectivity index (χ3v) is 2.44. The summed E-state index contributed by atoms with van der Waals surface area (Å²) in [6.45, 7) is 2.77. The average Bonchev–Trinajstić information content (AvgIpc) is 2.38. The van der Waals surface area contributed by atoms with Gasteiger partial charge in [-0.2, -0.15) is 0 Å². The molecule has 3 nitrogen and oxygen atoms in total. The van der Waals surface area contributed by atoms with E-state index in [1.807, 2.05) is 24.3 Å². The molecule has 0 amide bonds. The molecule has 3 heteroatoms. The van der Waals surface area contributed by atoms with Crippen LogP contribution in [0.25, 0.3) is 11.1 Å². The predicted octanol–water partition coefficient (Wildman–Crippen LogP) is 2.83. The van der Waals surface area contributed by atoms with Gasteiger partial charge in [0, 0.05) is 23.4 Å². The Kier molecular flexibility index (Phi) is 3.60. The van der Waals surface area contributed by atoms with Gasteiger partial charge in [0.2, 0.25) is 5.56 Å². The Morgan fingerprint density at radius 1 is 1.18 bits per heavy atom. The number of aromatic nitrogens is 1. The molecule has 2 aromatic rings. The Morgan fingerprint density at radius 3 is 2.71 bits per heavy atom. The molecule has 1 N–H and O–H groups in total. The van der Waals surface area contributed by atoms with Gasteiger partial charge in [0.05, 0.1) is 6.61 Å². The smallest absolute Gasteiger partial charge is 0.247 e. The minimum atomic E-state index is -0.0966. The van der Waals surface area contributed by atoms with Gasteiger partial charge in [0.15, 0.2) is 0 Å². The maximum atomic E-state index is 11.0. The summed E-state index contributed by atoms with van der Waals surface area (Å²) in [5, 5.41) is 0. The van der Waals surface area contributed by atoms with Gasteiger partial charge in [0.25, 0.3) is 0 Å². The van der Waals surface area contributed by atoms with Gasteiger partial charge in [0.1, 0.15) is 5.75 Å². The van der Waals surface area contributed by atoms with Crippen LogP contribution in [0.1, 0.15) is 13.3 Å². The second kappa shape index (κ2) is 5.34. The molecule has 0 spiro atoms. The second-order valence-electron chi connectivity index (χ2n) is 3.79. The Bertz CT molecular complexity index is 525. The summed E-state index contributed by atoms with van der Waals surface area (Å²) < 4.78 is 5.68. The monoisotopic (exact) mass is 229 g/mol. The number of para-hydroxylation sites is 1. The van der Waals surface area contributed by atoms with Crippen LogP contribution in [0.5, 0.6) is 5.75 Å². The molecule has 0 unspecified atom stereocenters. The van der Waals surface area contributed by atoms with E-state index in [4.69, 9.17) is 4.74 Å². The van der Waals surface area contributed by atoms with Crippen LogP contribution in [0, 0.1) is 0 Å². The highest BCUT2D eigenvalue weighted by Gasteiger charge is 2.04. The van der Waals surface area contributed by atoms with Crippen LogP contribution in [0.2, 0.25) is 0 Å². The van der Waals surface area contributed by atoms with E-state index >= 15 is 0 Å². The summed E-state index contributed by atoms with van der Waals surface area (Å²) in [7, 11) is 0. The minimum absolute atomic E-state index is 0.0966. The van der Waals surface area contributed by atoms with Crippen LogP contribution in [-0.4, -0.2) is 11.6 Å². The summed E-state index contributed by atoms with van der Waals surface area (Å²) in [4.78, 5) is 13.7. The van der Waals surface area contributed by atoms with Crippen LogP contribution in [0.15, 0.2) is 47.4 Å². The van der Waals surface area contributed by atoms with Gasteiger partial charge in [-0.05, 0) is 18.6 Å². The lowest BCUT2D eigenvalue weighted by Gasteiger charge is -2.10. The summed E-state index contributed by atoms with van der Waals surface area (Å²) in [5.41, 5.74) is 1.86. The van der Waals surface area contributed by atoms with Crippen LogP contribution in [0.3, 0.4) is 0 Å². The molecule has 0 aliphatic carbocycles. The Hall–Kier alpha value is -2.03. The molecular formula is C14H15NO2. The van der Waals surface area contributed by atoms with Gasteiger partial charge < -0.3 is 9.72 Å². The van der Waals surface area contributed by atoms with E-state index in [1.54, 1.807) is 12.3 Å². The van der Waals surface area contributed by atoms with Crippen molar-refractivity contribution in [2.75, 3.05) is 6.61 Å². The van der Waals surface area contributed by atoms with Crippen molar-refractivity contribution < 1.29 is 4.74 Å². The van der Waals surface area contributed by atoms with Crippen molar-refractivity contribution in [1.29, 1.82) is 0 Å². The lowest BCUT2D eigenvalue weighted by Crippen LogP contribution is -2.02. The Labute approximate surface area is 100 Å². The van der Waals surface area contributed by atoms with Gasteiger partial charge in [-0.1, -0.05) is 25.1 Å². The number of ether oxygens (including phenoxy) is 1.